The Hall–Kier alpha value is -1.40. The van der Waals surface area contributed by atoms with Crippen molar-refractivity contribution in [3.8, 4) is 0 Å². The molecule has 2 amide bonds. The maximum Gasteiger partial charge on any atom is 0.266 e. The Balaban J connectivity index is 1.76. The van der Waals surface area contributed by atoms with Crippen LogP contribution in [0.5, 0.6) is 0 Å². The molecule has 0 spiro atoms. The van der Waals surface area contributed by atoms with Crippen molar-refractivity contribution in [2.24, 2.45) is 0 Å². The van der Waals surface area contributed by atoms with Gasteiger partial charge in [0.05, 0.1) is 5.69 Å². The minimum absolute atomic E-state index is 0.0506. The molecule has 1 aromatic rings. The van der Waals surface area contributed by atoms with Crippen LogP contribution < -0.4 is 5.32 Å². The monoisotopic (exact) mass is 307 g/mol. The zero-order chi connectivity index (χ0) is 15.0. The minimum atomic E-state index is -0.142. The number of carbonyl (C=O) groups excluding carboxylic acids is 2. The molecule has 114 valence electrons. The SMILES string of the molecule is CC(=O)Nc1ccsc1C(=O)N1CC[C@@H]2CC[C@H](C1)N2C. The maximum atomic E-state index is 12.8. The number of carbonyl (C=O) groups is 2. The Labute approximate surface area is 128 Å². The summed E-state index contributed by atoms with van der Waals surface area (Å²) in [5.41, 5.74) is 0.639. The van der Waals surface area contributed by atoms with Crippen LogP contribution in [0.2, 0.25) is 0 Å². The Kier molecular flexibility index (Phi) is 3.99. The summed E-state index contributed by atoms with van der Waals surface area (Å²) in [6.07, 6.45) is 3.47. The van der Waals surface area contributed by atoms with Gasteiger partial charge in [-0.2, -0.15) is 0 Å². The lowest BCUT2D eigenvalue weighted by molar-refractivity contribution is -0.114. The minimum Gasteiger partial charge on any atom is -0.336 e. The molecular formula is C15H21N3O2S. The summed E-state index contributed by atoms with van der Waals surface area (Å²) in [5.74, 6) is -0.0909. The first-order chi connectivity index (χ1) is 10.1. The zero-order valence-corrected chi connectivity index (χ0v) is 13.3. The third kappa shape index (κ3) is 2.82. The van der Waals surface area contributed by atoms with E-state index in [0.29, 0.717) is 22.6 Å². The molecule has 3 rings (SSSR count). The fourth-order valence-electron chi connectivity index (χ4n) is 3.40. The van der Waals surface area contributed by atoms with Crippen molar-refractivity contribution in [1.29, 1.82) is 0 Å². The molecule has 0 aromatic carbocycles. The van der Waals surface area contributed by atoms with E-state index in [4.69, 9.17) is 0 Å². The summed E-state index contributed by atoms with van der Waals surface area (Å²) in [5, 5.41) is 4.60. The molecule has 21 heavy (non-hydrogen) atoms. The highest BCUT2D eigenvalue weighted by Gasteiger charge is 2.36. The van der Waals surface area contributed by atoms with E-state index in [1.54, 1.807) is 6.07 Å². The zero-order valence-electron chi connectivity index (χ0n) is 12.5. The van der Waals surface area contributed by atoms with Crippen molar-refractivity contribution < 1.29 is 9.59 Å². The Morgan fingerprint density at radius 1 is 1.29 bits per heavy atom. The van der Waals surface area contributed by atoms with Crippen LogP contribution in [0.3, 0.4) is 0 Å². The number of nitrogens with one attached hydrogen (secondary N) is 1. The molecule has 3 heterocycles. The van der Waals surface area contributed by atoms with E-state index >= 15 is 0 Å². The molecule has 2 fully saturated rings. The molecule has 2 aliphatic heterocycles. The van der Waals surface area contributed by atoms with Gasteiger partial charge in [0, 0.05) is 32.1 Å². The van der Waals surface area contributed by atoms with Gasteiger partial charge in [-0.25, -0.2) is 0 Å². The number of hydrogen-bond acceptors (Lipinski definition) is 4. The summed E-state index contributed by atoms with van der Waals surface area (Å²) in [6, 6.07) is 2.90. The van der Waals surface area contributed by atoms with Gasteiger partial charge in [-0.3, -0.25) is 14.5 Å². The van der Waals surface area contributed by atoms with Gasteiger partial charge < -0.3 is 10.2 Å². The Morgan fingerprint density at radius 2 is 2.05 bits per heavy atom. The molecule has 0 saturated carbocycles. The molecular weight excluding hydrogens is 286 g/mol. The number of nitrogens with zero attached hydrogens (tertiary/aromatic N) is 2. The van der Waals surface area contributed by atoms with Crippen LogP contribution in [0.1, 0.15) is 35.9 Å². The first kappa shape index (κ1) is 14.5. The molecule has 5 nitrogen and oxygen atoms in total. The van der Waals surface area contributed by atoms with Crippen LogP contribution in [0, 0.1) is 0 Å². The predicted octanol–water partition coefficient (Wildman–Crippen LogP) is 2.02. The molecule has 2 aliphatic rings. The standard InChI is InChI=1S/C15H21N3O2S/c1-10(19)16-13-6-8-21-14(13)15(20)18-7-5-11-3-4-12(9-18)17(11)2/h6,8,11-12H,3-5,7,9H2,1-2H3,(H,16,19)/t11-,12+/m0/s1. The molecule has 1 N–H and O–H groups in total. The smallest absolute Gasteiger partial charge is 0.266 e. The van der Waals surface area contributed by atoms with Crippen LogP contribution in [0.15, 0.2) is 11.4 Å². The number of thiophene rings is 1. The lowest BCUT2D eigenvalue weighted by Crippen LogP contribution is -2.39. The van der Waals surface area contributed by atoms with Crippen molar-refractivity contribution in [1.82, 2.24) is 9.80 Å². The van der Waals surface area contributed by atoms with E-state index in [1.807, 2.05) is 10.3 Å². The highest BCUT2D eigenvalue weighted by Crippen LogP contribution is 2.31. The van der Waals surface area contributed by atoms with Gasteiger partial charge in [-0.05, 0) is 37.8 Å². The average molecular weight is 307 g/mol. The largest absolute Gasteiger partial charge is 0.336 e. The van der Waals surface area contributed by atoms with Crippen molar-refractivity contribution >= 4 is 28.8 Å². The predicted molar refractivity (Wildman–Crippen MR) is 83.7 cm³/mol. The van der Waals surface area contributed by atoms with Gasteiger partial charge in [-0.15, -0.1) is 11.3 Å². The van der Waals surface area contributed by atoms with Gasteiger partial charge >= 0.3 is 0 Å². The van der Waals surface area contributed by atoms with E-state index in [9.17, 15) is 9.59 Å². The van der Waals surface area contributed by atoms with Gasteiger partial charge in [0.15, 0.2) is 0 Å². The second-order valence-corrected chi connectivity index (χ2v) is 6.85. The summed E-state index contributed by atoms with van der Waals surface area (Å²) in [6.45, 7) is 3.07. The molecule has 2 saturated heterocycles. The van der Waals surface area contributed by atoms with E-state index in [1.165, 1.54) is 31.1 Å². The number of hydrogen-bond donors (Lipinski definition) is 1. The number of amides is 2. The van der Waals surface area contributed by atoms with Crippen molar-refractivity contribution in [3.63, 3.8) is 0 Å². The summed E-state index contributed by atoms with van der Waals surface area (Å²) in [4.78, 5) is 29.0. The normalized spacial score (nSPS) is 25.7. The maximum absolute atomic E-state index is 12.8. The molecule has 1 aromatic heterocycles. The van der Waals surface area contributed by atoms with Gasteiger partial charge in [0.2, 0.25) is 5.91 Å². The van der Waals surface area contributed by atoms with Crippen molar-refractivity contribution in [2.75, 3.05) is 25.5 Å². The fourth-order valence-corrected chi connectivity index (χ4v) is 4.22. The van der Waals surface area contributed by atoms with Gasteiger partial charge in [0.1, 0.15) is 4.88 Å². The number of fused-ring (bicyclic) bond motifs is 2. The lowest BCUT2D eigenvalue weighted by Gasteiger charge is -2.25. The molecule has 2 atom stereocenters. The Bertz CT molecular complexity index is 557. The summed E-state index contributed by atoms with van der Waals surface area (Å²) in [7, 11) is 2.17. The third-order valence-electron chi connectivity index (χ3n) is 4.61. The van der Waals surface area contributed by atoms with Crippen LogP contribution in [-0.2, 0) is 4.79 Å². The van der Waals surface area contributed by atoms with Crippen LogP contribution in [0.4, 0.5) is 5.69 Å². The van der Waals surface area contributed by atoms with E-state index in [-0.39, 0.29) is 11.8 Å². The number of anilines is 1. The van der Waals surface area contributed by atoms with Gasteiger partial charge in [-0.1, -0.05) is 0 Å². The molecule has 2 bridgehead atoms. The second kappa shape index (κ2) is 5.77. The molecule has 0 aliphatic carbocycles. The first-order valence-corrected chi connectivity index (χ1v) is 8.30. The highest BCUT2D eigenvalue weighted by atomic mass is 32.1. The Morgan fingerprint density at radius 3 is 2.81 bits per heavy atom. The van der Waals surface area contributed by atoms with Crippen molar-refractivity contribution in [2.45, 2.75) is 38.3 Å². The van der Waals surface area contributed by atoms with Crippen molar-refractivity contribution in [3.05, 3.63) is 16.3 Å². The molecule has 0 radical (unpaired) electrons. The summed E-state index contributed by atoms with van der Waals surface area (Å²) < 4.78 is 0. The number of likely N-dealkylation sites (N-methyl/N-ethyl adjacent to an activating group) is 1. The second-order valence-electron chi connectivity index (χ2n) is 5.93. The number of rotatable bonds is 2. The topological polar surface area (TPSA) is 52.7 Å². The quantitative estimate of drug-likeness (QED) is 0.909. The number of likely N-dealkylation sites (tertiary alicyclic amines) is 1. The van der Waals surface area contributed by atoms with Gasteiger partial charge in [0.25, 0.3) is 5.91 Å². The van der Waals surface area contributed by atoms with Crippen LogP contribution in [-0.4, -0.2) is 53.8 Å². The first-order valence-electron chi connectivity index (χ1n) is 7.42. The van der Waals surface area contributed by atoms with E-state index < -0.39 is 0 Å². The molecule has 6 heteroatoms. The molecule has 0 unspecified atom stereocenters. The fraction of sp³-hybridized carbons (Fsp3) is 0.600. The van der Waals surface area contributed by atoms with Crippen LogP contribution in [0.25, 0.3) is 0 Å². The van der Waals surface area contributed by atoms with E-state index in [2.05, 4.69) is 17.3 Å². The highest BCUT2D eigenvalue weighted by molar-refractivity contribution is 7.12. The van der Waals surface area contributed by atoms with E-state index in [0.717, 1.165) is 19.5 Å². The summed E-state index contributed by atoms with van der Waals surface area (Å²) >= 11 is 1.40. The van der Waals surface area contributed by atoms with Crippen LogP contribution >= 0.6 is 11.3 Å². The average Bonchev–Trinajstić information content (AvgIpc) is 2.94. The lowest BCUT2D eigenvalue weighted by atomic mass is 10.1. The third-order valence-corrected chi connectivity index (χ3v) is 5.51.